The highest BCUT2D eigenvalue weighted by molar-refractivity contribution is 5.44. The Kier molecular flexibility index (Phi) is 4.54. The van der Waals surface area contributed by atoms with Crippen molar-refractivity contribution in [3.8, 4) is 11.5 Å². The number of aromatic hydroxyl groups is 2. The fourth-order valence-electron chi connectivity index (χ4n) is 1.49. The number of phenols is 2. The van der Waals surface area contributed by atoms with Crippen molar-refractivity contribution in [3.63, 3.8) is 0 Å². The fraction of sp³-hybridized carbons (Fsp3) is 0.455. The minimum absolute atomic E-state index is 0.0360. The number of phenolic OH excluding ortho intramolecular Hbond substituents is 2. The topological polar surface area (TPSA) is 93.0 Å². The average molecular weight is 227 g/mol. The van der Waals surface area contributed by atoms with Crippen molar-refractivity contribution >= 4 is 0 Å². The third-order valence-corrected chi connectivity index (χ3v) is 2.41. The molecule has 2 unspecified atom stereocenters. The number of rotatable bonds is 5. The molecule has 5 heteroatoms. The van der Waals surface area contributed by atoms with Crippen molar-refractivity contribution in [1.29, 1.82) is 0 Å². The van der Waals surface area contributed by atoms with Gasteiger partial charge < -0.3 is 25.7 Å². The van der Waals surface area contributed by atoms with Gasteiger partial charge in [0.05, 0.1) is 11.7 Å². The first-order valence-electron chi connectivity index (χ1n) is 5.09. The molecule has 16 heavy (non-hydrogen) atoms. The highest BCUT2D eigenvalue weighted by atomic mass is 16.3. The predicted octanol–water partition coefficient (Wildman–Crippen LogP) is 0.102. The van der Waals surface area contributed by atoms with Gasteiger partial charge in [0.1, 0.15) is 17.6 Å². The van der Waals surface area contributed by atoms with Gasteiger partial charge >= 0.3 is 0 Å². The maximum atomic E-state index is 9.78. The van der Waals surface area contributed by atoms with Crippen LogP contribution < -0.4 is 5.32 Å². The number of aliphatic hydroxyl groups excluding tert-OH is 2. The number of nitrogens with one attached hydrogen (secondary N) is 1. The number of hydrogen-bond donors (Lipinski definition) is 5. The Bertz CT molecular complexity index is 323. The lowest BCUT2D eigenvalue weighted by Gasteiger charge is -2.19. The van der Waals surface area contributed by atoms with E-state index in [2.05, 4.69) is 5.32 Å². The van der Waals surface area contributed by atoms with E-state index in [1.54, 1.807) is 7.05 Å². The van der Waals surface area contributed by atoms with Crippen LogP contribution in [0.2, 0.25) is 0 Å². The van der Waals surface area contributed by atoms with Gasteiger partial charge in [-0.3, -0.25) is 0 Å². The van der Waals surface area contributed by atoms with Gasteiger partial charge in [-0.2, -0.15) is 0 Å². The summed E-state index contributed by atoms with van der Waals surface area (Å²) in [6, 6.07) is 4.16. The molecule has 0 saturated carbocycles. The molecule has 1 aromatic rings. The maximum absolute atomic E-state index is 9.78. The highest BCUT2D eigenvalue weighted by Crippen LogP contribution is 2.34. The van der Waals surface area contributed by atoms with Crippen molar-refractivity contribution in [1.82, 2.24) is 5.32 Å². The maximum Gasteiger partial charge on any atom is 0.125 e. The summed E-state index contributed by atoms with van der Waals surface area (Å²) in [5, 5.41) is 41.2. The molecule has 5 nitrogen and oxygen atoms in total. The molecule has 1 rings (SSSR count). The molecule has 0 amide bonds. The van der Waals surface area contributed by atoms with Crippen molar-refractivity contribution in [2.45, 2.75) is 18.6 Å². The van der Waals surface area contributed by atoms with E-state index in [0.29, 0.717) is 13.0 Å². The Morgan fingerprint density at radius 2 is 1.75 bits per heavy atom. The first-order valence-corrected chi connectivity index (χ1v) is 5.09. The predicted molar refractivity (Wildman–Crippen MR) is 59.3 cm³/mol. The molecular formula is C11H17NO4. The second kappa shape index (κ2) is 5.69. The fourth-order valence-corrected chi connectivity index (χ4v) is 1.49. The van der Waals surface area contributed by atoms with Crippen LogP contribution in [-0.4, -0.2) is 40.1 Å². The van der Waals surface area contributed by atoms with Gasteiger partial charge in [0.15, 0.2) is 0 Å². The van der Waals surface area contributed by atoms with Crippen LogP contribution in [-0.2, 0) is 0 Å². The molecule has 0 aliphatic carbocycles. The molecule has 2 atom stereocenters. The van der Waals surface area contributed by atoms with Gasteiger partial charge in [0.2, 0.25) is 0 Å². The zero-order chi connectivity index (χ0) is 12.1. The van der Waals surface area contributed by atoms with Gasteiger partial charge in [-0.1, -0.05) is 6.07 Å². The standard InChI is InChI=1S/C11H17NO4/c1-12-6-5-9(15)11(16)10-7(13)3-2-4-8(10)14/h2-4,9,11-16H,5-6H2,1H3. The monoisotopic (exact) mass is 227 g/mol. The van der Waals surface area contributed by atoms with Crippen molar-refractivity contribution < 1.29 is 20.4 Å². The summed E-state index contributed by atoms with van der Waals surface area (Å²) in [5.74, 6) is -0.452. The molecule has 90 valence electrons. The summed E-state index contributed by atoms with van der Waals surface area (Å²) < 4.78 is 0. The lowest BCUT2D eigenvalue weighted by Crippen LogP contribution is -2.23. The van der Waals surface area contributed by atoms with Crippen LogP contribution in [0.15, 0.2) is 18.2 Å². The zero-order valence-electron chi connectivity index (χ0n) is 9.09. The molecule has 0 fully saturated rings. The van der Waals surface area contributed by atoms with Crippen LogP contribution in [0.5, 0.6) is 11.5 Å². The van der Waals surface area contributed by atoms with Crippen molar-refractivity contribution in [2.24, 2.45) is 0 Å². The van der Waals surface area contributed by atoms with Crippen LogP contribution in [0.3, 0.4) is 0 Å². The van der Waals surface area contributed by atoms with E-state index in [-0.39, 0.29) is 17.1 Å². The van der Waals surface area contributed by atoms with E-state index in [1.807, 2.05) is 0 Å². The van der Waals surface area contributed by atoms with E-state index in [0.717, 1.165) is 0 Å². The molecule has 0 aliphatic heterocycles. The molecule has 5 N–H and O–H groups in total. The highest BCUT2D eigenvalue weighted by Gasteiger charge is 2.23. The van der Waals surface area contributed by atoms with Crippen LogP contribution in [0, 0.1) is 0 Å². The largest absolute Gasteiger partial charge is 0.507 e. The molecule has 0 heterocycles. The van der Waals surface area contributed by atoms with Gasteiger partial charge in [-0.05, 0) is 32.1 Å². The minimum Gasteiger partial charge on any atom is -0.507 e. The lowest BCUT2D eigenvalue weighted by molar-refractivity contribution is 0.0114. The van der Waals surface area contributed by atoms with Crippen molar-refractivity contribution in [2.75, 3.05) is 13.6 Å². The average Bonchev–Trinajstić information content (AvgIpc) is 2.25. The van der Waals surface area contributed by atoms with E-state index < -0.39 is 12.2 Å². The summed E-state index contributed by atoms with van der Waals surface area (Å²) in [6.45, 7) is 0.534. The van der Waals surface area contributed by atoms with Crippen LogP contribution in [0.4, 0.5) is 0 Å². The lowest BCUT2D eigenvalue weighted by atomic mass is 10.00. The molecule has 1 aromatic carbocycles. The number of aliphatic hydroxyl groups is 2. The third-order valence-electron chi connectivity index (χ3n) is 2.41. The second-order valence-electron chi connectivity index (χ2n) is 3.61. The van der Waals surface area contributed by atoms with E-state index in [4.69, 9.17) is 0 Å². The van der Waals surface area contributed by atoms with Gasteiger partial charge in [-0.25, -0.2) is 0 Å². The second-order valence-corrected chi connectivity index (χ2v) is 3.61. The normalized spacial score (nSPS) is 14.7. The molecular weight excluding hydrogens is 210 g/mol. The number of hydrogen-bond acceptors (Lipinski definition) is 5. The summed E-state index contributed by atoms with van der Waals surface area (Å²) in [5.41, 5.74) is -0.0360. The molecule has 0 aliphatic rings. The summed E-state index contributed by atoms with van der Waals surface area (Å²) >= 11 is 0. The number of benzene rings is 1. The summed E-state index contributed by atoms with van der Waals surface area (Å²) in [4.78, 5) is 0. The van der Waals surface area contributed by atoms with E-state index in [1.165, 1.54) is 18.2 Å². The van der Waals surface area contributed by atoms with E-state index in [9.17, 15) is 20.4 Å². The van der Waals surface area contributed by atoms with Gasteiger partial charge in [0.25, 0.3) is 0 Å². The van der Waals surface area contributed by atoms with Crippen LogP contribution in [0.25, 0.3) is 0 Å². The Balaban J connectivity index is 2.82. The molecule has 0 bridgehead atoms. The Hall–Kier alpha value is -1.30. The van der Waals surface area contributed by atoms with Crippen LogP contribution >= 0.6 is 0 Å². The Labute approximate surface area is 94.0 Å². The summed E-state index contributed by atoms with van der Waals surface area (Å²) in [7, 11) is 1.73. The van der Waals surface area contributed by atoms with Gasteiger partial charge in [0, 0.05) is 0 Å². The molecule has 0 spiro atoms. The molecule has 0 aromatic heterocycles. The van der Waals surface area contributed by atoms with E-state index >= 15 is 0 Å². The third kappa shape index (κ3) is 2.85. The first-order chi connectivity index (χ1) is 7.57. The zero-order valence-corrected chi connectivity index (χ0v) is 9.09. The van der Waals surface area contributed by atoms with Crippen LogP contribution in [0.1, 0.15) is 18.1 Å². The smallest absolute Gasteiger partial charge is 0.125 e. The minimum atomic E-state index is -1.30. The van der Waals surface area contributed by atoms with Gasteiger partial charge in [-0.15, -0.1) is 0 Å². The Morgan fingerprint density at radius 1 is 1.19 bits per heavy atom. The first kappa shape index (κ1) is 12.8. The molecule has 0 radical (unpaired) electrons. The molecule has 0 saturated heterocycles. The quantitative estimate of drug-likeness (QED) is 0.492. The SMILES string of the molecule is CNCCC(O)C(O)c1c(O)cccc1O. The van der Waals surface area contributed by atoms with Crippen molar-refractivity contribution in [3.05, 3.63) is 23.8 Å². The Morgan fingerprint density at radius 3 is 2.25 bits per heavy atom. The summed E-state index contributed by atoms with van der Waals surface area (Å²) in [6.07, 6.45) is -2.01.